The normalized spacial score (nSPS) is 17.7. The highest BCUT2D eigenvalue weighted by Crippen LogP contribution is 2.33. The van der Waals surface area contributed by atoms with Crippen LogP contribution in [0, 0.1) is 0 Å². The molecule has 2 aliphatic heterocycles. The van der Waals surface area contributed by atoms with Crippen LogP contribution >= 0.6 is 23.4 Å². The third kappa shape index (κ3) is 4.88. The van der Waals surface area contributed by atoms with Crippen LogP contribution in [0.2, 0.25) is 5.02 Å². The van der Waals surface area contributed by atoms with E-state index in [1.165, 1.54) is 11.8 Å². The van der Waals surface area contributed by atoms with Gasteiger partial charge in [0, 0.05) is 42.7 Å². The van der Waals surface area contributed by atoms with Crippen LogP contribution in [-0.4, -0.2) is 40.4 Å². The first-order valence-corrected chi connectivity index (χ1v) is 11.1. The molecule has 2 aromatic rings. The number of nitrogens with one attached hydrogen (secondary N) is 2. The Morgan fingerprint density at radius 1 is 1.37 bits per heavy atom. The van der Waals surface area contributed by atoms with E-state index in [4.69, 9.17) is 17.3 Å². The van der Waals surface area contributed by atoms with Crippen molar-refractivity contribution in [1.82, 2.24) is 20.2 Å². The van der Waals surface area contributed by atoms with Crippen LogP contribution in [0.4, 0.5) is 5.95 Å². The highest BCUT2D eigenvalue weighted by atomic mass is 35.5. The number of nitrogens with two attached hydrogens (primary N) is 1. The molecule has 0 aliphatic carbocycles. The molecule has 3 heterocycles. The predicted molar refractivity (Wildman–Crippen MR) is 122 cm³/mol. The Morgan fingerprint density at radius 2 is 2.27 bits per heavy atom. The van der Waals surface area contributed by atoms with Gasteiger partial charge in [0.1, 0.15) is 5.03 Å². The summed E-state index contributed by atoms with van der Waals surface area (Å²) >= 11 is 7.61. The van der Waals surface area contributed by atoms with E-state index in [1.54, 1.807) is 12.3 Å². The molecule has 1 amide bonds. The summed E-state index contributed by atoms with van der Waals surface area (Å²) in [5.41, 5.74) is 9.52. The van der Waals surface area contributed by atoms with Gasteiger partial charge in [-0.2, -0.15) is 0 Å². The highest BCUT2D eigenvalue weighted by molar-refractivity contribution is 8.06. The number of hydrogen-bond donors (Lipinski definition) is 3. The summed E-state index contributed by atoms with van der Waals surface area (Å²) in [7, 11) is 0. The number of carbonyl (C=O) groups excluding carboxylic acids is 1. The van der Waals surface area contributed by atoms with E-state index < -0.39 is 0 Å². The lowest BCUT2D eigenvalue weighted by molar-refractivity contribution is -0.127. The summed E-state index contributed by atoms with van der Waals surface area (Å²) < 4.78 is 0. The Kier molecular flexibility index (Phi) is 6.44. The van der Waals surface area contributed by atoms with Crippen LogP contribution < -0.4 is 16.4 Å². The first-order valence-electron chi connectivity index (χ1n) is 9.85. The van der Waals surface area contributed by atoms with Gasteiger partial charge in [0.05, 0.1) is 17.1 Å². The van der Waals surface area contributed by atoms with Gasteiger partial charge in [-0.15, -0.1) is 0 Å². The molecule has 156 valence electrons. The predicted octanol–water partition coefficient (Wildman–Crippen LogP) is 3.47. The van der Waals surface area contributed by atoms with E-state index in [9.17, 15) is 4.79 Å². The number of hydrogen-bond acceptors (Lipinski definition) is 7. The van der Waals surface area contributed by atoms with Gasteiger partial charge in [0.25, 0.3) is 0 Å². The Labute approximate surface area is 184 Å². The standard InChI is InChI=1S/C21H23ClN6OS/c22-15-5-1-4-14(12-15)17-13-30-20(26-17)19(23)16-7-9-25-21(27-16)24-8-3-11-28-10-2-6-18(28)29/h1,4-5,7,9,12-13,26H,2-3,6,8,10-11,23H2,(H,24,25,27)/b20-19+. The van der Waals surface area contributed by atoms with Crippen molar-refractivity contribution in [3.8, 4) is 0 Å². The van der Waals surface area contributed by atoms with Gasteiger partial charge in [-0.1, -0.05) is 35.5 Å². The van der Waals surface area contributed by atoms with Crippen molar-refractivity contribution in [2.75, 3.05) is 25.0 Å². The summed E-state index contributed by atoms with van der Waals surface area (Å²) in [6, 6.07) is 9.44. The molecule has 1 saturated heterocycles. The van der Waals surface area contributed by atoms with Crippen LogP contribution in [0.1, 0.15) is 30.5 Å². The topological polar surface area (TPSA) is 96.2 Å². The number of benzene rings is 1. The molecule has 0 bridgehead atoms. The van der Waals surface area contributed by atoms with Crippen LogP contribution in [0.15, 0.2) is 47.0 Å². The van der Waals surface area contributed by atoms with Crippen LogP contribution in [0.25, 0.3) is 11.4 Å². The molecule has 9 heteroatoms. The molecule has 0 radical (unpaired) electrons. The summed E-state index contributed by atoms with van der Waals surface area (Å²) in [6.07, 6.45) is 4.17. The minimum Gasteiger partial charge on any atom is -0.395 e. The van der Waals surface area contributed by atoms with E-state index >= 15 is 0 Å². The van der Waals surface area contributed by atoms with Crippen molar-refractivity contribution in [3.05, 3.63) is 63.2 Å². The van der Waals surface area contributed by atoms with E-state index in [1.807, 2.05) is 34.6 Å². The van der Waals surface area contributed by atoms with Crippen molar-refractivity contribution in [1.29, 1.82) is 0 Å². The van der Waals surface area contributed by atoms with E-state index in [0.717, 1.165) is 42.2 Å². The zero-order valence-electron chi connectivity index (χ0n) is 16.4. The van der Waals surface area contributed by atoms with Gasteiger partial charge < -0.3 is 21.3 Å². The van der Waals surface area contributed by atoms with Crippen molar-refractivity contribution < 1.29 is 4.79 Å². The van der Waals surface area contributed by atoms with Crippen molar-refractivity contribution in [3.63, 3.8) is 0 Å². The highest BCUT2D eigenvalue weighted by Gasteiger charge is 2.19. The Hall–Kier alpha value is -2.71. The lowest BCUT2D eigenvalue weighted by Gasteiger charge is -2.15. The number of anilines is 1. The van der Waals surface area contributed by atoms with Gasteiger partial charge in [0.15, 0.2) is 0 Å². The third-order valence-corrected chi connectivity index (χ3v) is 6.06. The molecule has 30 heavy (non-hydrogen) atoms. The maximum atomic E-state index is 11.7. The summed E-state index contributed by atoms with van der Waals surface area (Å²) in [6.45, 7) is 2.32. The number of amides is 1. The zero-order valence-corrected chi connectivity index (χ0v) is 18.0. The Morgan fingerprint density at radius 3 is 3.07 bits per heavy atom. The van der Waals surface area contributed by atoms with Gasteiger partial charge in [-0.25, -0.2) is 9.97 Å². The maximum Gasteiger partial charge on any atom is 0.223 e. The molecule has 1 aromatic heterocycles. The molecule has 4 N–H and O–H groups in total. The monoisotopic (exact) mass is 442 g/mol. The Balaban J connectivity index is 1.35. The number of nitrogens with zero attached hydrogens (tertiary/aromatic N) is 3. The van der Waals surface area contributed by atoms with Crippen molar-refractivity contribution in [2.45, 2.75) is 19.3 Å². The van der Waals surface area contributed by atoms with E-state index in [0.29, 0.717) is 35.3 Å². The smallest absolute Gasteiger partial charge is 0.223 e. The first kappa shape index (κ1) is 20.6. The largest absolute Gasteiger partial charge is 0.395 e. The van der Waals surface area contributed by atoms with E-state index in [2.05, 4.69) is 20.6 Å². The number of likely N-dealkylation sites (tertiary alicyclic amines) is 1. The number of aromatic nitrogens is 2. The maximum absolute atomic E-state index is 11.7. The fourth-order valence-corrected chi connectivity index (χ4v) is 4.37. The molecular weight excluding hydrogens is 420 g/mol. The second kappa shape index (κ2) is 9.40. The number of carbonyl (C=O) groups is 1. The van der Waals surface area contributed by atoms with E-state index in [-0.39, 0.29) is 5.91 Å². The molecule has 7 nitrogen and oxygen atoms in total. The van der Waals surface area contributed by atoms with Gasteiger partial charge in [-0.05, 0) is 36.6 Å². The average Bonchev–Trinajstić information content (AvgIpc) is 3.40. The lowest BCUT2D eigenvalue weighted by Crippen LogP contribution is -2.27. The van der Waals surface area contributed by atoms with Gasteiger partial charge in [0.2, 0.25) is 11.9 Å². The average molecular weight is 443 g/mol. The SMILES string of the molecule is N/C(=C1\NC(c2cccc(Cl)c2)=CS1)c1ccnc(NCCCN2CCCC2=O)n1. The molecule has 0 saturated carbocycles. The fraction of sp³-hybridized carbons (Fsp3) is 0.286. The molecule has 0 unspecified atom stereocenters. The number of thioether (sulfide) groups is 1. The Bertz CT molecular complexity index is 1010. The summed E-state index contributed by atoms with van der Waals surface area (Å²) in [4.78, 5) is 22.4. The summed E-state index contributed by atoms with van der Waals surface area (Å²) in [5, 5.41) is 10.1. The lowest BCUT2D eigenvalue weighted by atomic mass is 10.2. The number of halogens is 1. The number of rotatable bonds is 7. The molecular formula is C21H23ClN6OS. The van der Waals surface area contributed by atoms with Crippen LogP contribution in [0.3, 0.4) is 0 Å². The van der Waals surface area contributed by atoms with Gasteiger partial charge in [-0.3, -0.25) is 4.79 Å². The summed E-state index contributed by atoms with van der Waals surface area (Å²) in [5.74, 6) is 0.773. The van der Waals surface area contributed by atoms with Crippen molar-refractivity contribution >= 4 is 46.6 Å². The zero-order chi connectivity index (χ0) is 20.9. The molecule has 0 atom stereocenters. The third-order valence-electron chi connectivity index (χ3n) is 4.91. The molecule has 0 spiro atoms. The van der Waals surface area contributed by atoms with Crippen LogP contribution in [-0.2, 0) is 4.79 Å². The first-order chi connectivity index (χ1) is 14.6. The minimum absolute atomic E-state index is 0.250. The van der Waals surface area contributed by atoms with Crippen LogP contribution in [0.5, 0.6) is 0 Å². The minimum atomic E-state index is 0.250. The van der Waals surface area contributed by atoms with Gasteiger partial charge >= 0.3 is 0 Å². The molecule has 1 aromatic carbocycles. The second-order valence-electron chi connectivity index (χ2n) is 7.06. The quantitative estimate of drug-likeness (QED) is 0.565. The second-order valence-corrected chi connectivity index (χ2v) is 8.37. The fourth-order valence-electron chi connectivity index (χ4n) is 3.35. The molecule has 4 rings (SSSR count). The molecule has 2 aliphatic rings. The van der Waals surface area contributed by atoms with Crippen molar-refractivity contribution in [2.24, 2.45) is 5.73 Å². The molecule has 1 fully saturated rings.